The van der Waals surface area contributed by atoms with E-state index in [0.717, 1.165) is 5.56 Å². The summed E-state index contributed by atoms with van der Waals surface area (Å²) in [5, 5.41) is 5.58. The lowest BCUT2D eigenvalue weighted by Crippen LogP contribution is -2.23. The van der Waals surface area contributed by atoms with Crippen molar-refractivity contribution in [2.24, 2.45) is 0 Å². The maximum Gasteiger partial charge on any atom is 0.308 e. The highest BCUT2D eigenvalue weighted by molar-refractivity contribution is 5.94. The standard InChI is InChI=1S/C19H20N2O4/c1-3-18(23)21-16-8-4-6-14(10-16)12-20-19(24)15-7-5-9-17(11-15)25-13(2)22/h4-11H,3,12H2,1-2H3,(H,20,24)(H,21,23). The molecular formula is C19H20N2O4. The summed E-state index contributed by atoms with van der Waals surface area (Å²) in [6, 6.07) is 13.7. The molecule has 6 nitrogen and oxygen atoms in total. The summed E-state index contributed by atoms with van der Waals surface area (Å²) in [6.07, 6.45) is 0.402. The fourth-order valence-corrected chi connectivity index (χ4v) is 2.16. The average Bonchev–Trinajstić information content (AvgIpc) is 2.59. The van der Waals surface area contributed by atoms with Gasteiger partial charge in [0, 0.05) is 31.1 Å². The molecule has 0 aliphatic heterocycles. The van der Waals surface area contributed by atoms with Gasteiger partial charge in [0.15, 0.2) is 0 Å². The van der Waals surface area contributed by atoms with Crippen LogP contribution in [0.15, 0.2) is 48.5 Å². The van der Waals surface area contributed by atoms with Crippen LogP contribution < -0.4 is 15.4 Å². The highest BCUT2D eigenvalue weighted by Gasteiger charge is 2.08. The summed E-state index contributed by atoms with van der Waals surface area (Å²) in [7, 11) is 0. The molecule has 0 heterocycles. The van der Waals surface area contributed by atoms with Crippen molar-refractivity contribution in [1.82, 2.24) is 5.32 Å². The molecular weight excluding hydrogens is 320 g/mol. The SMILES string of the molecule is CCC(=O)Nc1cccc(CNC(=O)c2cccc(OC(C)=O)c2)c1. The summed E-state index contributed by atoms with van der Waals surface area (Å²) < 4.78 is 4.97. The second-order valence-electron chi connectivity index (χ2n) is 5.41. The Balaban J connectivity index is 1.99. The van der Waals surface area contributed by atoms with E-state index in [-0.39, 0.29) is 11.8 Å². The second-order valence-corrected chi connectivity index (χ2v) is 5.41. The van der Waals surface area contributed by atoms with Crippen molar-refractivity contribution >= 4 is 23.5 Å². The van der Waals surface area contributed by atoms with Gasteiger partial charge in [-0.2, -0.15) is 0 Å². The van der Waals surface area contributed by atoms with E-state index < -0.39 is 5.97 Å². The van der Waals surface area contributed by atoms with Crippen LogP contribution in [0.2, 0.25) is 0 Å². The number of rotatable bonds is 6. The van der Waals surface area contributed by atoms with E-state index in [0.29, 0.717) is 30.0 Å². The van der Waals surface area contributed by atoms with E-state index >= 15 is 0 Å². The lowest BCUT2D eigenvalue weighted by Gasteiger charge is -2.09. The third kappa shape index (κ3) is 5.76. The number of esters is 1. The highest BCUT2D eigenvalue weighted by Crippen LogP contribution is 2.14. The predicted octanol–water partition coefficient (Wildman–Crippen LogP) is 2.89. The molecule has 0 saturated carbocycles. The Morgan fingerprint density at radius 3 is 2.52 bits per heavy atom. The maximum absolute atomic E-state index is 12.2. The van der Waals surface area contributed by atoms with Gasteiger partial charge < -0.3 is 15.4 Å². The first-order valence-electron chi connectivity index (χ1n) is 7.93. The summed E-state index contributed by atoms with van der Waals surface area (Å²) in [5.41, 5.74) is 1.95. The van der Waals surface area contributed by atoms with Gasteiger partial charge in [-0.15, -0.1) is 0 Å². The fourth-order valence-electron chi connectivity index (χ4n) is 2.16. The molecule has 0 bridgehead atoms. The van der Waals surface area contributed by atoms with E-state index in [1.807, 2.05) is 18.2 Å². The molecule has 2 rings (SSSR count). The number of anilines is 1. The monoisotopic (exact) mass is 340 g/mol. The van der Waals surface area contributed by atoms with Crippen LogP contribution in [0.25, 0.3) is 0 Å². The van der Waals surface area contributed by atoms with E-state index in [4.69, 9.17) is 4.74 Å². The summed E-state index contributed by atoms with van der Waals surface area (Å²) in [6.45, 7) is 3.40. The number of hydrogen-bond acceptors (Lipinski definition) is 4. The first kappa shape index (κ1) is 18.2. The van der Waals surface area contributed by atoms with Gasteiger partial charge in [-0.3, -0.25) is 14.4 Å². The molecule has 0 saturated heterocycles. The molecule has 130 valence electrons. The van der Waals surface area contributed by atoms with Crippen molar-refractivity contribution in [3.63, 3.8) is 0 Å². The quantitative estimate of drug-likeness (QED) is 0.625. The number of hydrogen-bond donors (Lipinski definition) is 2. The number of carbonyl (C=O) groups excluding carboxylic acids is 3. The Morgan fingerprint density at radius 1 is 1.04 bits per heavy atom. The van der Waals surface area contributed by atoms with Crippen molar-refractivity contribution in [1.29, 1.82) is 0 Å². The van der Waals surface area contributed by atoms with Gasteiger partial charge in [-0.25, -0.2) is 0 Å². The molecule has 0 aliphatic rings. The third-order valence-electron chi connectivity index (χ3n) is 3.34. The van der Waals surface area contributed by atoms with E-state index in [2.05, 4.69) is 10.6 Å². The molecule has 0 spiro atoms. The summed E-state index contributed by atoms with van der Waals surface area (Å²) >= 11 is 0. The highest BCUT2D eigenvalue weighted by atomic mass is 16.5. The van der Waals surface area contributed by atoms with Gasteiger partial charge in [0.25, 0.3) is 5.91 Å². The number of benzene rings is 2. The normalized spacial score (nSPS) is 10.0. The van der Waals surface area contributed by atoms with Crippen LogP contribution in [0, 0.1) is 0 Å². The van der Waals surface area contributed by atoms with Crippen LogP contribution >= 0.6 is 0 Å². The molecule has 0 aliphatic carbocycles. The molecule has 2 N–H and O–H groups in total. The van der Waals surface area contributed by atoms with E-state index in [1.165, 1.54) is 13.0 Å². The van der Waals surface area contributed by atoms with Crippen LogP contribution in [0.4, 0.5) is 5.69 Å². The fraction of sp³-hybridized carbons (Fsp3) is 0.211. The molecule has 2 aromatic rings. The van der Waals surface area contributed by atoms with Crippen LogP contribution in [-0.4, -0.2) is 17.8 Å². The number of ether oxygens (including phenoxy) is 1. The minimum atomic E-state index is -0.441. The molecule has 0 unspecified atom stereocenters. The molecule has 2 aromatic carbocycles. The van der Waals surface area contributed by atoms with Crippen molar-refractivity contribution in [2.75, 3.05) is 5.32 Å². The topological polar surface area (TPSA) is 84.5 Å². The Bertz CT molecular complexity index is 786. The van der Waals surface area contributed by atoms with Gasteiger partial charge in [-0.1, -0.05) is 25.1 Å². The van der Waals surface area contributed by atoms with E-state index in [1.54, 1.807) is 31.2 Å². The van der Waals surface area contributed by atoms with Crippen LogP contribution in [0.5, 0.6) is 5.75 Å². The zero-order valence-corrected chi connectivity index (χ0v) is 14.2. The molecule has 2 amide bonds. The Kier molecular flexibility index (Phi) is 6.28. The van der Waals surface area contributed by atoms with Crippen molar-refractivity contribution < 1.29 is 19.1 Å². The average molecular weight is 340 g/mol. The second kappa shape index (κ2) is 8.63. The van der Waals surface area contributed by atoms with E-state index in [9.17, 15) is 14.4 Å². The van der Waals surface area contributed by atoms with Crippen LogP contribution in [-0.2, 0) is 16.1 Å². The molecule has 0 atom stereocenters. The van der Waals surface area contributed by atoms with Gasteiger partial charge >= 0.3 is 5.97 Å². The molecule has 6 heteroatoms. The molecule has 0 aromatic heterocycles. The molecule has 0 radical (unpaired) electrons. The zero-order chi connectivity index (χ0) is 18.2. The molecule has 25 heavy (non-hydrogen) atoms. The lowest BCUT2D eigenvalue weighted by molar-refractivity contribution is -0.131. The number of carbonyl (C=O) groups is 3. The minimum absolute atomic E-state index is 0.0662. The molecule has 0 fully saturated rings. The Hall–Kier alpha value is -3.15. The lowest BCUT2D eigenvalue weighted by atomic mass is 10.1. The van der Waals surface area contributed by atoms with Gasteiger partial charge in [0.05, 0.1) is 0 Å². The predicted molar refractivity (Wildman–Crippen MR) is 94.3 cm³/mol. The summed E-state index contributed by atoms with van der Waals surface area (Å²) in [4.78, 5) is 34.7. The smallest absolute Gasteiger partial charge is 0.308 e. The Morgan fingerprint density at radius 2 is 1.80 bits per heavy atom. The maximum atomic E-state index is 12.2. The van der Waals surface area contributed by atoms with Crippen molar-refractivity contribution in [3.8, 4) is 5.75 Å². The number of nitrogens with one attached hydrogen (secondary N) is 2. The summed E-state index contributed by atoms with van der Waals surface area (Å²) in [5.74, 6) is -0.464. The third-order valence-corrected chi connectivity index (χ3v) is 3.34. The van der Waals surface area contributed by atoms with Crippen LogP contribution in [0.3, 0.4) is 0 Å². The van der Waals surface area contributed by atoms with Crippen LogP contribution in [0.1, 0.15) is 36.2 Å². The zero-order valence-electron chi connectivity index (χ0n) is 14.2. The minimum Gasteiger partial charge on any atom is -0.427 e. The van der Waals surface area contributed by atoms with Gasteiger partial charge in [-0.05, 0) is 35.9 Å². The van der Waals surface area contributed by atoms with Crippen molar-refractivity contribution in [2.45, 2.75) is 26.8 Å². The Labute approximate surface area is 146 Å². The van der Waals surface area contributed by atoms with Gasteiger partial charge in [0.2, 0.25) is 5.91 Å². The first-order chi connectivity index (χ1) is 12.0. The largest absolute Gasteiger partial charge is 0.427 e. The first-order valence-corrected chi connectivity index (χ1v) is 7.93. The van der Waals surface area contributed by atoms with Crippen molar-refractivity contribution in [3.05, 3.63) is 59.7 Å². The van der Waals surface area contributed by atoms with Gasteiger partial charge in [0.1, 0.15) is 5.75 Å². The number of amides is 2.